The van der Waals surface area contributed by atoms with E-state index in [0.717, 1.165) is 24.1 Å². The lowest BCUT2D eigenvalue weighted by molar-refractivity contribution is -0.148. The predicted molar refractivity (Wildman–Crippen MR) is 101 cm³/mol. The van der Waals surface area contributed by atoms with Gasteiger partial charge in [0.15, 0.2) is 12.2 Å². The third-order valence-corrected chi connectivity index (χ3v) is 5.36. The second-order valence-corrected chi connectivity index (χ2v) is 7.24. The molecule has 31 heavy (non-hydrogen) atoms. The first-order valence-corrected chi connectivity index (χ1v) is 9.21. The molecular formula is C19H18F3N5O4. The molecule has 164 valence electrons. The topological polar surface area (TPSA) is 85.8 Å². The van der Waals surface area contributed by atoms with Crippen LogP contribution in [0.3, 0.4) is 0 Å². The summed E-state index contributed by atoms with van der Waals surface area (Å²) in [6, 6.07) is 2.96. The maximum Gasteiger partial charge on any atom is 0.416 e. The number of guanidine groups is 1. The molecule has 3 aliphatic rings. The number of carbonyl (C=O) groups excluding carboxylic acids is 3. The van der Waals surface area contributed by atoms with Crippen LogP contribution in [0.4, 0.5) is 23.7 Å². The number of ether oxygens (including phenoxy) is 1. The van der Waals surface area contributed by atoms with Crippen molar-refractivity contribution in [2.75, 3.05) is 25.6 Å². The predicted octanol–water partition coefficient (Wildman–Crippen LogP) is 1.82. The van der Waals surface area contributed by atoms with Crippen molar-refractivity contribution in [3.8, 4) is 0 Å². The van der Waals surface area contributed by atoms with Crippen LogP contribution in [0, 0.1) is 0 Å². The SMILES string of the molecule is COC(=O)CN1C(=O)C2C(N=C3N(c4ccc(C(F)(F)F)cc4)C(C)=CN32)N(C)C1=O. The number of rotatable bonds is 3. The summed E-state index contributed by atoms with van der Waals surface area (Å²) >= 11 is 0. The van der Waals surface area contributed by atoms with E-state index in [4.69, 9.17) is 0 Å². The van der Waals surface area contributed by atoms with Crippen molar-refractivity contribution in [3.63, 3.8) is 0 Å². The molecule has 0 bridgehead atoms. The van der Waals surface area contributed by atoms with E-state index in [1.54, 1.807) is 22.9 Å². The smallest absolute Gasteiger partial charge is 0.416 e. The second kappa shape index (κ2) is 7.00. The average molecular weight is 437 g/mol. The van der Waals surface area contributed by atoms with Crippen LogP contribution in [0.1, 0.15) is 12.5 Å². The van der Waals surface area contributed by atoms with Crippen molar-refractivity contribution in [3.05, 3.63) is 41.7 Å². The maximum atomic E-state index is 13.0. The number of halogens is 3. The molecule has 0 saturated carbocycles. The number of aliphatic imine (C=N–C) groups is 1. The van der Waals surface area contributed by atoms with Crippen LogP contribution in [0.25, 0.3) is 0 Å². The third kappa shape index (κ3) is 3.18. The highest BCUT2D eigenvalue weighted by Gasteiger charge is 2.54. The molecule has 3 aliphatic heterocycles. The van der Waals surface area contributed by atoms with E-state index in [9.17, 15) is 27.6 Å². The molecule has 9 nitrogen and oxygen atoms in total. The summed E-state index contributed by atoms with van der Waals surface area (Å²) in [7, 11) is 2.61. The minimum absolute atomic E-state index is 0.306. The van der Waals surface area contributed by atoms with Crippen LogP contribution < -0.4 is 4.90 Å². The maximum absolute atomic E-state index is 13.0. The van der Waals surface area contributed by atoms with Gasteiger partial charge in [-0.25, -0.2) is 9.79 Å². The van der Waals surface area contributed by atoms with Crippen LogP contribution >= 0.6 is 0 Å². The van der Waals surface area contributed by atoms with Gasteiger partial charge in [0.2, 0.25) is 5.96 Å². The van der Waals surface area contributed by atoms with Crippen LogP contribution in [0.15, 0.2) is 41.2 Å². The lowest BCUT2D eigenvalue weighted by Gasteiger charge is -2.39. The Kier molecular flexibility index (Phi) is 4.67. The fourth-order valence-corrected chi connectivity index (χ4v) is 3.81. The third-order valence-electron chi connectivity index (χ3n) is 5.36. The van der Waals surface area contributed by atoms with Crippen molar-refractivity contribution < 1.29 is 32.3 Å². The first-order chi connectivity index (χ1) is 14.5. The highest BCUT2D eigenvalue weighted by molar-refractivity contribution is 6.10. The number of allylic oxidation sites excluding steroid dienone is 1. The van der Waals surface area contributed by atoms with Gasteiger partial charge in [-0.1, -0.05) is 0 Å². The van der Waals surface area contributed by atoms with Gasteiger partial charge in [-0.2, -0.15) is 13.2 Å². The lowest BCUT2D eigenvalue weighted by Crippen LogP contribution is -2.65. The Labute approximate surface area is 174 Å². The van der Waals surface area contributed by atoms with Gasteiger partial charge >= 0.3 is 18.2 Å². The highest BCUT2D eigenvalue weighted by Crippen LogP contribution is 2.37. The van der Waals surface area contributed by atoms with E-state index in [1.807, 2.05) is 0 Å². The minimum Gasteiger partial charge on any atom is -0.468 e. The minimum atomic E-state index is -4.46. The van der Waals surface area contributed by atoms with Gasteiger partial charge in [0, 0.05) is 24.6 Å². The number of carbonyl (C=O) groups is 3. The molecule has 0 radical (unpaired) electrons. The summed E-state index contributed by atoms with van der Waals surface area (Å²) in [5.41, 5.74) is 0.272. The number of esters is 1. The van der Waals surface area contributed by atoms with Gasteiger partial charge in [-0.3, -0.25) is 19.4 Å². The van der Waals surface area contributed by atoms with Gasteiger partial charge < -0.3 is 14.5 Å². The molecule has 0 aromatic heterocycles. The Bertz CT molecular complexity index is 1020. The van der Waals surface area contributed by atoms with Crippen molar-refractivity contribution in [1.29, 1.82) is 0 Å². The average Bonchev–Trinajstić information content (AvgIpc) is 3.23. The van der Waals surface area contributed by atoms with Gasteiger partial charge in [0.05, 0.1) is 12.7 Å². The van der Waals surface area contributed by atoms with Gasteiger partial charge in [0.1, 0.15) is 6.54 Å². The fourth-order valence-electron chi connectivity index (χ4n) is 3.81. The molecule has 12 heteroatoms. The number of hydrogen-bond donors (Lipinski definition) is 0. The van der Waals surface area contributed by atoms with E-state index < -0.39 is 48.4 Å². The Morgan fingerprint density at radius 1 is 1.19 bits per heavy atom. The first kappa shape index (κ1) is 20.7. The molecule has 1 aromatic carbocycles. The number of hydrogen-bond acceptors (Lipinski definition) is 7. The first-order valence-electron chi connectivity index (χ1n) is 9.21. The van der Waals surface area contributed by atoms with Gasteiger partial charge in [-0.15, -0.1) is 0 Å². The molecule has 3 amide bonds. The van der Waals surface area contributed by atoms with Crippen LogP contribution in [-0.4, -0.2) is 71.5 Å². The Balaban J connectivity index is 1.66. The number of nitrogens with zero attached hydrogens (tertiary/aromatic N) is 5. The molecule has 0 N–H and O–H groups in total. The Morgan fingerprint density at radius 3 is 2.42 bits per heavy atom. The number of amides is 3. The van der Waals surface area contributed by atoms with Crippen LogP contribution in [0.2, 0.25) is 0 Å². The van der Waals surface area contributed by atoms with E-state index >= 15 is 0 Å². The summed E-state index contributed by atoms with van der Waals surface area (Å²) in [4.78, 5) is 47.0. The highest BCUT2D eigenvalue weighted by atomic mass is 19.4. The summed E-state index contributed by atoms with van der Waals surface area (Å²) in [5.74, 6) is -1.05. The van der Waals surface area contributed by atoms with Crippen molar-refractivity contribution in [2.45, 2.75) is 25.3 Å². The molecule has 0 aliphatic carbocycles. The quantitative estimate of drug-likeness (QED) is 0.671. The standard InChI is InChI=1S/C19H18F3N5O4/c1-10-8-25-14-15(24(2)18(30)26(16(14)29)9-13(28)31-3)23-17(25)27(10)12-6-4-11(5-7-12)19(20,21)22/h4-8,14-15H,9H2,1-3H3. The normalized spacial score (nSPS) is 23.0. The van der Waals surface area contributed by atoms with Crippen molar-refractivity contribution >= 4 is 29.6 Å². The van der Waals surface area contributed by atoms with E-state index in [0.29, 0.717) is 17.3 Å². The zero-order valence-corrected chi connectivity index (χ0v) is 16.8. The number of alkyl halides is 3. The fraction of sp³-hybridized carbons (Fsp3) is 0.368. The molecule has 0 spiro atoms. The number of anilines is 1. The van der Waals surface area contributed by atoms with E-state index in [-0.39, 0.29) is 0 Å². The molecular weight excluding hydrogens is 419 g/mol. The summed E-state index contributed by atoms with van der Waals surface area (Å²) < 4.78 is 43.2. The van der Waals surface area contributed by atoms with E-state index in [2.05, 4.69) is 9.73 Å². The monoisotopic (exact) mass is 437 g/mol. The zero-order chi connectivity index (χ0) is 22.7. The number of fused-ring (bicyclic) bond motifs is 3. The molecule has 1 aromatic rings. The largest absolute Gasteiger partial charge is 0.468 e. The molecule has 1 saturated heterocycles. The Hall–Kier alpha value is -3.57. The van der Waals surface area contributed by atoms with Crippen molar-refractivity contribution in [1.82, 2.24) is 14.7 Å². The van der Waals surface area contributed by atoms with E-state index in [1.165, 1.54) is 24.1 Å². The molecule has 2 atom stereocenters. The number of urea groups is 1. The lowest BCUT2D eigenvalue weighted by atomic mass is 10.1. The van der Waals surface area contributed by atoms with Crippen LogP contribution in [0.5, 0.6) is 0 Å². The summed E-state index contributed by atoms with van der Waals surface area (Å²) in [6.07, 6.45) is -3.66. The summed E-state index contributed by atoms with van der Waals surface area (Å²) in [6.45, 7) is 1.19. The molecule has 4 rings (SSSR count). The number of imide groups is 1. The summed E-state index contributed by atoms with van der Waals surface area (Å²) in [5, 5.41) is 0. The Morgan fingerprint density at radius 2 is 1.84 bits per heavy atom. The zero-order valence-electron chi connectivity index (χ0n) is 16.8. The number of benzene rings is 1. The molecule has 3 heterocycles. The van der Waals surface area contributed by atoms with Gasteiger partial charge in [0.25, 0.3) is 5.91 Å². The second-order valence-electron chi connectivity index (χ2n) is 7.24. The molecule has 1 fully saturated rings. The van der Waals surface area contributed by atoms with Gasteiger partial charge in [-0.05, 0) is 31.2 Å². The van der Waals surface area contributed by atoms with Crippen molar-refractivity contribution in [2.24, 2.45) is 4.99 Å². The molecule has 2 unspecified atom stereocenters. The van der Waals surface area contributed by atoms with Crippen LogP contribution in [-0.2, 0) is 20.5 Å². The number of methoxy groups -OCH3 is 1. The number of likely N-dealkylation sites (N-methyl/N-ethyl adjacent to an activating group) is 1.